The van der Waals surface area contributed by atoms with E-state index >= 15 is 0 Å². The Labute approximate surface area is 143 Å². The number of pyridine rings is 1. The summed E-state index contributed by atoms with van der Waals surface area (Å²) in [6.45, 7) is 3.15. The van der Waals surface area contributed by atoms with Crippen molar-refractivity contribution in [3.05, 3.63) is 59.2 Å². The molecule has 1 saturated heterocycles. The van der Waals surface area contributed by atoms with E-state index in [2.05, 4.69) is 15.2 Å². The van der Waals surface area contributed by atoms with Gasteiger partial charge in [-0.25, -0.2) is 18.2 Å². The molecule has 0 radical (unpaired) electrons. The molecular weight excluding hydrogens is 331 g/mol. The number of rotatable bonds is 3. The summed E-state index contributed by atoms with van der Waals surface area (Å²) >= 11 is 0. The predicted molar refractivity (Wildman–Crippen MR) is 88.0 cm³/mol. The standard InChI is InChI=1S/C18H18F3N3O/c1-11-7-12(19)4-5-16(11)24-6-2-3-14(10-24)23-18(25)17-15(21)8-13(20)9-22-17/h4-5,7-9,14H,2-3,6,10H2,1H3,(H,23,25). The first-order valence-corrected chi connectivity index (χ1v) is 8.07. The van der Waals surface area contributed by atoms with E-state index in [0.29, 0.717) is 12.6 Å². The zero-order chi connectivity index (χ0) is 18.0. The Hall–Kier alpha value is -2.57. The summed E-state index contributed by atoms with van der Waals surface area (Å²) in [5, 5.41) is 2.75. The first-order chi connectivity index (χ1) is 11.9. The lowest BCUT2D eigenvalue weighted by molar-refractivity contribution is 0.0923. The molecule has 4 nitrogen and oxygen atoms in total. The first kappa shape index (κ1) is 17.3. The lowest BCUT2D eigenvalue weighted by Gasteiger charge is -2.35. The molecule has 0 aliphatic carbocycles. The maximum absolute atomic E-state index is 13.7. The fourth-order valence-electron chi connectivity index (χ4n) is 3.12. The van der Waals surface area contributed by atoms with Crippen LogP contribution < -0.4 is 10.2 Å². The number of carbonyl (C=O) groups is 1. The average Bonchev–Trinajstić information content (AvgIpc) is 2.55. The van der Waals surface area contributed by atoms with Crippen molar-refractivity contribution in [3.63, 3.8) is 0 Å². The minimum atomic E-state index is -0.987. The van der Waals surface area contributed by atoms with Crippen LogP contribution in [-0.2, 0) is 0 Å². The van der Waals surface area contributed by atoms with Crippen LogP contribution >= 0.6 is 0 Å². The summed E-state index contributed by atoms with van der Waals surface area (Å²) in [6, 6.07) is 5.03. The van der Waals surface area contributed by atoms with E-state index in [-0.39, 0.29) is 11.9 Å². The Morgan fingerprint density at radius 3 is 2.76 bits per heavy atom. The number of anilines is 1. The molecule has 25 heavy (non-hydrogen) atoms. The third-order valence-corrected chi connectivity index (χ3v) is 4.28. The van der Waals surface area contributed by atoms with Crippen molar-refractivity contribution in [3.8, 4) is 0 Å². The molecule has 0 spiro atoms. The van der Waals surface area contributed by atoms with Gasteiger partial charge in [-0.05, 0) is 43.5 Å². The summed E-state index contributed by atoms with van der Waals surface area (Å²) in [4.78, 5) is 17.8. The number of amides is 1. The van der Waals surface area contributed by atoms with Gasteiger partial charge in [0.1, 0.15) is 11.6 Å². The van der Waals surface area contributed by atoms with Crippen LogP contribution in [0.4, 0.5) is 18.9 Å². The van der Waals surface area contributed by atoms with Crippen LogP contribution in [0, 0.1) is 24.4 Å². The molecule has 7 heteroatoms. The summed E-state index contributed by atoms with van der Waals surface area (Å²) in [5.41, 5.74) is 1.31. The molecule has 0 saturated carbocycles. The van der Waals surface area contributed by atoms with E-state index in [9.17, 15) is 18.0 Å². The molecule has 2 aromatic rings. The van der Waals surface area contributed by atoms with Crippen molar-refractivity contribution in [2.24, 2.45) is 0 Å². The third kappa shape index (κ3) is 3.92. The highest BCUT2D eigenvalue weighted by Gasteiger charge is 2.24. The quantitative estimate of drug-likeness (QED) is 0.926. The van der Waals surface area contributed by atoms with E-state index in [1.165, 1.54) is 12.1 Å². The SMILES string of the molecule is Cc1cc(F)ccc1N1CCCC(NC(=O)c2ncc(F)cc2F)C1. The molecule has 2 heterocycles. The Bertz CT molecular complexity index is 797. The minimum Gasteiger partial charge on any atom is -0.369 e. The van der Waals surface area contributed by atoms with Gasteiger partial charge in [0.25, 0.3) is 5.91 Å². The van der Waals surface area contributed by atoms with Gasteiger partial charge in [0, 0.05) is 30.9 Å². The van der Waals surface area contributed by atoms with Gasteiger partial charge in [0.15, 0.2) is 11.5 Å². The number of halogens is 3. The van der Waals surface area contributed by atoms with Gasteiger partial charge in [0.05, 0.1) is 6.20 Å². The number of hydrogen-bond donors (Lipinski definition) is 1. The lowest BCUT2D eigenvalue weighted by atomic mass is 10.0. The van der Waals surface area contributed by atoms with Crippen LogP contribution in [0.3, 0.4) is 0 Å². The van der Waals surface area contributed by atoms with Crippen LogP contribution in [0.5, 0.6) is 0 Å². The number of piperidine rings is 1. The van der Waals surface area contributed by atoms with Gasteiger partial charge < -0.3 is 10.2 Å². The van der Waals surface area contributed by atoms with E-state index in [4.69, 9.17) is 0 Å². The number of benzene rings is 1. The van der Waals surface area contributed by atoms with Crippen molar-refractivity contribution >= 4 is 11.6 Å². The normalized spacial score (nSPS) is 17.4. The predicted octanol–water partition coefficient (Wildman–Crippen LogP) is 3.21. The van der Waals surface area contributed by atoms with Crippen LogP contribution in [-0.4, -0.2) is 30.0 Å². The van der Waals surface area contributed by atoms with E-state index < -0.39 is 23.2 Å². The first-order valence-electron chi connectivity index (χ1n) is 8.07. The smallest absolute Gasteiger partial charge is 0.273 e. The number of nitrogens with zero attached hydrogens (tertiary/aromatic N) is 2. The fraction of sp³-hybridized carbons (Fsp3) is 0.333. The largest absolute Gasteiger partial charge is 0.369 e. The molecule has 3 rings (SSSR count). The zero-order valence-electron chi connectivity index (χ0n) is 13.7. The van der Waals surface area contributed by atoms with Gasteiger partial charge in [0.2, 0.25) is 0 Å². The van der Waals surface area contributed by atoms with Crippen molar-refractivity contribution in [2.45, 2.75) is 25.8 Å². The number of carbonyl (C=O) groups excluding carboxylic acids is 1. The maximum atomic E-state index is 13.7. The zero-order valence-corrected chi connectivity index (χ0v) is 13.7. The molecule has 1 aromatic heterocycles. The molecular formula is C18H18F3N3O. The second-order valence-corrected chi connectivity index (χ2v) is 6.17. The molecule has 1 unspecified atom stereocenters. The number of hydrogen-bond acceptors (Lipinski definition) is 3. The third-order valence-electron chi connectivity index (χ3n) is 4.28. The van der Waals surface area contributed by atoms with Crippen molar-refractivity contribution < 1.29 is 18.0 Å². The maximum Gasteiger partial charge on any atom is 0.273 e. The second kappa shape index (κ2) is 7.13. The van der Waals surface area contributed by atoms with Crippen molar-refractivity contribution in [1.82, 2.24) is 10.3 Å². The van der Waals surface area contributed by atoms with Crippen LogP contribution in [0.1, 0.15) is 28.9 Å². The summed E-state index contributed by atoms with van der Waals surface area (Å²) in [5.74, 6) is -2.77. The summed E-state index contributed by atoms with van der Waals surface area (Å²) in [6.07, 6.45) is 2.39. The van der Waals surface area contributed by atoms with E-state index in [1.54, 1.807) is 6.07 Å². The van der Waals surface area contributed by atoms with E-state index in [0.717, 1.165) is 36.8 Å². The van der Waals surface area contributed by atoms with Gasteiger partial charge >= 0.3 is 0 Å². The fourth-order valence-corrected chi connectivity index (χ4v) is 3.12. The van der Waals surface area contributed by atoms with Crippen molar-refractivity contribution in [1.29, 1.82) is 0 Å². The molecule has 132 valence electrons. The molecule has 1 N–H and O–H groups in total. The summed E-state index contributed by atoms with van der Waals surface area (Å²) in [7, 11) is 0. The van der Waals surface area contributed by atoms with E-state index in [1.807, 2.05) is 6.92 Å². The lowest BCUT2D eigenvalue weighted by Crippen LogP contribution is -2.48. The highest BCUT2D eigenvalue weighted by atomic mass is 19.1. The monoisotopic (exact) mass is 349 g/mol. The Morgan fingerprint density at radius 1 is 1.24 bits per heavy atom. The highest BCUT2D eigenvalue weighted by molar-refractivity contribution is 5.92. The molecule has 1 atom stereocenters. The molecule has 1 aromatic carbocycles. The second-order valence-electron chi connectivity index (χ2n) is 6.17. The molecule has 1 fully saturated rings. The molecule has 1 aliphatic heterocycles. The summed E-state index contributed by atoms with van der Waals surface area (Å²) < 4.78 is 39.9. The van der Waals surface area contributed by atoms with Crippen molar-refractivity contribution in [2.75, 3.05) is 18.0 Å². The Balaban J connectivity index is 1.70. The molecule has 0 bridgehead atoms. The Morgan fingerprint density at radius 2 is 2.04 bits per heavy atom. The highest BCUT2D eigenvalue weighted by Crippen LogP contribution is 2.24. The number of aryl methyl sites for hydroxylation is 1. The van der Waals surface area contributed by atoms with Gasteiger partial charge in [-0.2, -0.15) is 0 Å². The Kier molecular flexibility index (Phi) is 4.92. The van der Waals surface area contributed by atoms with Gasteiger partial charge in [-0.1, -0.05) is 0 Å². The van der Waals surface area contributed by atoms with Crippen LogP contribution in [0.15, 0.2) is 30.5 Å². The number of aromatic nitrogens is 1. The molecule has 1 amide bonds. The van der Waals surface area contributed by atoms with Gasteiger partial charge in [-0.3, -0.25) is 4.79 Å². The van der Waals surface area contributed by atoms with Crippen LogP contribution in [0.2, 0.25) is 0 Å². The topological polar surface area (TPSA) is 45.2 Å². The number of nitrogens with one attached hydrogen (secondary N) is 1. The minimum absolute atomic E-state index is 0.197. The average molecular weight is 349 g/mol. The van der Waals surface area contributed by atoms with Crippen LogP contribution in [0.25, 0.3) is 0 Å². The van der Waals surface area contributed by atoms with Gasteiger partial charge in [-0.15, -0.1) is 0 Å². The molecule has 1 aliphatic rings.